The molecule has 0 bridgehead atoms. The maximum Gasteiger partial charge on any atom is 0.224 e. The Labute approximate surface area is 184 Å². The fourth-order valence-corrected chi connectivity index (χ4v) is 4.28. The van der Waals surface area contributed by atoms with E-state index in [1.165, 1.54) is 6.07 Å². The minimum absolute atomic E-state index is 0.0875. The number of benzene rings is 2. The van der Waals surface area contributed by atoms with Gasteiger partial charge in [0.2, 0.25) is 5.91 Å². The minimum Gasteiger partial charge on any atom is -0.355 e. The highest BCUT2D eigenvalue weighted by atomic mass is 35.5. The van der Waals surface area contributed by atoms with Crippen LogP contribution >= 0.6 is 11.6 Å². The molecule has 1 fully saturated rings. The van der Waals surface area contributed by atoms with Crippen LogP contribution in [0.5, 0.6) is 0 Å². The molecule has 0 aliphatic carbocycles. The number of aryl methyl sites for hydroxylation is 1. The maximum absolute atomic E-state index is 13.8. The molecule has 2 aromatic rings. The van der Waals surface area contributed by atoms with E-state index in [1.54, 1.807) is 6.92 Å². The zero-order chi connectivity index (χ0) is 21.7. The van der Waals surface area contributed by atoms with Gasteiger partial charge in [0.05, 0.1) is 5.92 Å². The van der Waals surface area contributed by atoms with Gasteiger partial charge in [-0.2, -0.15) is 0 Å². The van der Waals surface area contributed by atoms with E-state index in [4.69, 9.17) is 11.6 Å². The predicted molar refractivity (Wildman–Crippen MR) is 120 cm³/mol. The first-order valence-corrected chi connectivity index (χ1v) is 10.9. The molecule has 1 saturated heterocycles. The standard InChI is InChI=1S/C24H31ClFN3O/c1-17-12-18(8-9-23(17)26)20-13-21(24(30)27-10-11-28(2)3)16-29(15-20)14-19-6-4-5-7-22(19)25/h4-9,12,20-21H,10-11,13-16H2,1-3H3,(H,27,30). The van der Waals surface area contributed by atoms with Gasteiger partial charge in [0.1, 0.15) is 5.82 Å². The van der Waals surface area contributed by atoms with E-state index < -0.39 is 0 Å². The van der Waals surface area contributed by atoms with Crippen LogP contribution in [0.25, 0.3) is 0 Å². The Bertz CT molecular complexity index is 873. The van der Waals surface area contributed by atoms with Gasteiger partial charge < -0.3 is 10.2 Å². The summed E-state index contributed by atoms with van der Waals surface area (Å²) in [5.74, 6) is -0.0473. The molecule has 0 spiro atoms. The lowest BCUT2D eigenvalue weighted by Gasteiger charge is -2.37. The third-order valence-corrected chi connectivity index (χ3v) is 6.13. The second-order valence-electron chi connectivity index (χ2n) is 8.52. The molecule has 2 unspecified atom stereocenters. The highest BCUT2D eigenvalue weighted by Crippen LogP contribution is 2.32. The highest BCUT2D eigenvalue weighted by Gasteiger charge is 2.32. The molecular formula is C24H31ClFN3O. The molecule has 1 aliphatic rings. The third-order valence-electron chi connectivity index (χ3n) is 5.76. The second-order valence-corrected chi connectivity index (χ2v) is 8.93. The Balaban J connectivity index is 1.77. The van der Waals surface area contributed by atoms with E-state index in [9.17, 15) is 9.18 Å². The molecule has 3 rings (SSSR count). The van der Waals surface area contributed by atoms with E-state index in [2.05, 4.69) is 15.1 Å². The molecule has 0 radical (unpaired) electrons. The van der Waals surface area contributed by atoms with Gasteiger partial charge in [-0.25, -0.2) is 4.39 Å². The fourth-order valence-electron chi connectivity index (χ4n) is 4.09. The highest BCUT2D eigenvalue weighted by molar-refractivity contribution is 6.31. The molecule has 1 amide bonds. The zero-order valence-electron chi connectivity index (χ0n) is 18.0. The van der Waals surface area contributed by atoms with Crippen LogP contribution in [0.2, 0.25) is 5.02 Å². The van der Waals surface area contributed by atoms with Crippen LogP contribution in [0.3, 0.4) is 0 Å². The van der Waals surface area contributed by atoms with Gasteiger partial charge in [0.25, 0.3) is 0 Å². The number of hydrogen-bond donors (Lipinski definition) is 1. The van der Waals surface area contributed by atoms with Crippen LogP contribution in [0.4, 0.5) is 4.39 Å². The van der Waals surface area contributed by atoms with Gasteiger partial charge >= 0.3 is 0 Å². The van der Waals surface area contributed by atoms with Crippen LogP contribution in [0.1, 0.15) is 29.0 Å². The molecule has 2 atom stereocenters. The molecule has 1 aliphatic heterocycles. The largest absolute Gasteiger partial charge is 0.355 e. The van der Waals surface area contributed by atoms with E-state index in [0.717, 1.165) is 35.7 Å². The lowest BCUT2D eigenvalue weighted by molar-refractivity contribution is -0.127. The number of carbonyl (C=O) groups excluding carboxylic acids is 1. The average molecular weight is 432 g/mol. The number of halogens is 2. The van der Waals surface area contributed by atoms with E-state index >= 15 is 0 Å². The Hall–Kier alpha value is -1.95. The molecular weight excluding hydrogens is 401 g/mol. The van der Waals surface area contributed by atoms with Crippen molar-refractivity contribution in [3.05, 3.63) is 70.0 Å². The minimum atomic E-state index is -0.194. The number of likely N-dealkylation sites (tertiary alicyclic amines) is 1. The molecule has 162 valence electrons. The summed E-state index contributed by atoms with van der Waals surface area (Å²) in [5, 5.41) is 3.82. The van der Waals surface area contributed by atoms with E-state index in [-0.39, 0.29) is 23.6 Å². The van der Waals surface area contributed by atoms with Gasteiger partial charge in [0.15, 0.2) is 0 Å². The topological polar surface area (TPSA) is 35.6 Å². The lowest BCUT2D eigenvalue weighted by atomic mass is 9.83. The predicted octanol–water partition coefficient (Wildman–Crippen LogP) is 4.07. The Morgan fingerprint density at radius 3 is 2.70 bits per heavy atom. The third kappa shape index (κ3) is 6.03. The van der Waals surface area contributed by atoms with Crippen molar-refractivity contribution in [3.8, 4) is 0 Å². The number of rotatable bonds is 7. The van der Waals surface area contributed by atoms with Gasteiger partial charge in [-0.05, 0) is 62.2 Å². The summed E-state index contributed by atoms with van der Waals surface area (Å²) < 4.78 is 13.8. The monoisotopic (exact) mass is 431 g/mol. The Morgan fingerprint density at radius 1 is 1.23 bits per heavy atom. The molecule has 1 N–H and O–H groups in total. The normalized spacial score (nSPS) is 19.8. The lowest BCUT2D eigenvalue weighted by Crippen LogP contribution is -2.46. The number of carbonyl (C=O) groups is 1. The van der Waals surface area contributed by atoms with E-state index in [0.29, 0.717) is 25.2 Å². The van der Waals surface area contributed by atoms with Gasteiger partial charge in [-0.3, -0.25) is 9.69 Å². The first kappa shape index (κ1) is 22.7. The van der Waals surface area contributed by atoms with Crippen molar-refractivity contribution in [2.75, 3.05) is 40.3 Å². The summed E-state index contributed by atoms with van der Waals surface area (Å²) in [6.45, 7) is 5.43. The van der Waals surface area contributed by atoms with Crippen molar-refractivity contribution in [1.29, 1.82) is 0 Å². The van der Waals surface area contributed by atoms with Crippen LogP contribution in [0.15, 0.2) is 42.5 Å². The quantitative estimate of drug-likeness (QED) is 0.717. The first-order valence-electron chi connectivity index (χ1n) is 10.5. The SMILES string of the molecule is Cc1cc(C2CC(C(=O)NCCN(C)C)CN(Cc3ccccc3Cl)C2)ccc1F. The summed E-state index contributed by atoms with van der Waals surface area (Å²) in [6.07, 6.45) is 0.762. The Morgan fingerprint density at radius 2 is 2.00 bits per heavy atom. The van der Waals surface area contributed by atoms with Crippen molar-refractivity contribution in [1.82, 2.24) is 15.1 Å². The number of piperidine rings is 1. The summed E-state index contributed by atoms with van der Waals surface area (Å²) >= 11 is 6.38. The Kier molecular flexibility index (Phi) is 7.87. The molecule has 1 heterocycles. The molecule has 30 heavy (non-hydrogen) atoms. The number of nitrogens with one attached hydrogen (secondary N) is 1. The molecule has 0 saturated carbocycles. The average Bonchev–Trinajstić information content (AvgIpc) is 2.71. The maximum atomic E-state index is 13.8. The number of amides is 1. The number of nitrogens with zero attached hydrogens (tertiary/aromatic N) is 2. The summed E-state index contributed by atoms with van der Waals surface area (Å²) in [6, 6.07) is 13.1. The zero-order valence-corrected chi connectivity index (χ0v) is 18.8. The summed E-state index contributed by atoms with van der Waals surface area (Å²) in [7, 11) is 3.98. The molecule has 6 heteroatoms. The second kappa shape index (κ2) is 10.4. The molecule has 4 nitrogen and oxygen atoms in total. The van der Waals surface area contributed by atoms with E-state index in [1.807, 2.05) is 50.5 Å². The van der Waals surface area contributed by atoms with Crippen molar-refractivity contribution in [2.24, 2.45) is 5.92 Å². The van der Waals surface area contributed by atoms with Gasteiger partial charge in [0, 0.05) is 37.7 Å². The number of likely N-dealkylation sites (N-methyl/N-ethyl adjacent to an activating group) is 1. The first-order chi connectivity index (χ1) is 14.3. The summed E-state index contributed by atoms with van der Waals surface area (Å²) in [4.78, 5) is 17.2. The smallest absolute Gasteiger partial charge is 0.224 e. The molecule has 0 aromatic heterocycles. The van der Waals surface area contributed by atoms with Gasteiger partial charge in [-0.15, -0.1) is 0 Å². The van der Waals surface area contributed by atoms with Crippen molar-refractivity contribution < 1.29 is 9.18 Å². The van der Waals surface area contributed by atoms with Crippen LogP contribution in [-0.2, 0) is 11.3 Å². The van der Waals surface area contributed by atoms with Crippen LogP contribution in [0, 0.1) is 18.7 Å². The van der Waals surface area contributed by atoms with Gasteiger partial charge in [-0.1, -0.05) is 41.9 Å². The van der Waals surface area contributed by atoms with Crippen LogP contribution in [-0.4, -0.2) is 56.0 Å². The summed E-state index contributed by atoms with van der Waals surface area (Å²) in [5.41, 5.74) is 2.79. The fraction of sp³-hybridized carbons (Fsp3) is 0.458. The number of hydrogen-bond acceptors (Lipinski definition) is 3. The van der Waals surface area contributed by atoms with Crippen molar-refractivity contribution >= 4 is 17.5 Å². The van der Waals surface area contributed by atoms with Crippen molar-refractivity contribution in [2.45, 2.75) is 25.8 Å². The van der Waals surface area contributed by atoms with Crippen LogP contribution < -0.4 is 5.32 Å². The molecule has 2 aromatic carbocycles. The van der Waals surface area contributed by atoms with Crippen molar-refractivity contribution in [3.63, 3.8) is 0 Å².